The molecule has 0 saturated carbocycles. The Labute approximate surface area is 183 Å². The first-order chi connectivity index (χ1) is 15.0. The average molecular weight is 488 g/mol. The normalized spacial score (nSPS) is 13.7. The number of halogens is 8. The van der Waals surface area contributed by atoms with Gasteiger partial charge in [0.15, 0.2) is 0 Å². The van der Waals surface area contributed by atoms with E-state index in [0.29, 0.717) is 11.1 Å². The van der Waals surface area contributed by atoms with Crippen LogP contribution in [0, 0.1) is 0 Å². The highest BCUT2D eigenvalue weighted by Crippen LogP contribution is 2.39. The predicted octanol–water partition coefficient (Wildman–Crippen LogP) is 5.21. The van der Waals surface area contributed by atoms with Gasteiger partial charge in [-0.3, -0.25) is 0 Å². The van der Waals surface area contributed by atoms with Crippen molar-refractivity contribution in [3.63, 3.8) is 0 Å². The number of benzene rings is 2. The van der Waals surface area contributed by atoms with Crippen LogP contribution in [0.5, 0.6) is 11.5 Å². The fraction of sp³-hybridized carbons (Fsp3) is 0.429. The van der Waals surface area contributed by atoms with Crippen molar-refractivity contribution in [2.75, 3.05) is 13.2 Å². The summed E-state index contributed by atoms with van der Waals surface area (Å²) < 4.78 is 114. The first kappa shape index (κ1) is 26.7. The summed E-state index contributed by atoms with van der Waals surface area (Å²) in [5.74, 6) is -10.8. The van der Waals surface area contributed by atoms with Gasteiger partial charge >= 0.3 is 24.1 Å². The second-order valence-corrected chi connectivity index (χ2v) is 7.64. The van der Waals surface area contributed by atoms with Crippen molar-refractivity contribution in [1.29, 1.82) is 0 Å². The van der Waals surface area contributed by atoms with Crippen LogP contribution in [0.25, 0.3) is 0 Å². The van der Waals surface area contributed by atoms with Gasteiger partial charge in [-0.25, -0.2) is 0 Å². The number of aliphatic hydroxyl groups excluding tert-OH is 2. The first-order valence-corrected chi connectivity index (χ1v) is 9.31. The molecule has 2 N–H and O–H groups in total. The molecule has 184 valence electrons. The maximum atomic E-state index is 13.5. The fourth-order valence-corrected chi connectivity index (χ4v) is 2.68. The van der Waals surface area contributed by atoms with E-state index in [2.05, 4.69) is 9.47 Å². The summed E-state index contributed by atoms with van der Waals surface area (Å²) in [6.07, 6.45) is -9.91. The standard InChI is InChI=1S/C21H20F8O4/c1-17(2,13-3-7-15(8-4-13)32-20(26,27)18(22,23)11-30)14-5-9-16(10-6-14)33-21(28,29)19(24,25)12-31/h3-10,30-31H,11-12H2,1-2H3. The van der Waals surface area contributed by atoms with Crippen LogP contribution in [-0.4, -0.2) is 47.5 Å². The minimum Gasteiger partial charge on any atom is -0.428 e. The van der Waals surface area contributed by atoms with Gasteiger partial charge in [0, 0.05) is 5.41 Å². The second kappa shape index (κ2) is 8.98. The zero-order chi connectivity index (χ0) is 25.3. The van der Waals surface area contributed by atoms with E-state index in [4.69, 9.17) is 10.2 Å². The van der Waals surface area contributed by atoms with E-state index in [1.165, 1.54) is 24.3 Å². The van der Waals surface area contributed by atoms with Crippen molar-refractivity contribution < 1.29 is 54.8 Å². The molecule has 2 aromatic rings. The van der Waals surface area contributed by atoms with Crippen molar-refractivity contribution >= 4 is 0 Å². The van der Waals surface area contributed by atoms with Gasteiger partial charge < -0.3 is 19.7 Å². The molecule has 0 unspecified atom stereocenters. The van der Waals surface area contributed by atoms with Crippen molar-refractivity contribution in [2.24, 2.45) is 0 Å². The van der Waals surface area contributed by atoms with E-state index in [9.17, 15) is 35.1 Å². The molecule has 0 aliphatic heterocycles. The lowest BCUT2D eigenvalue weighted by molar-refractivity contribution is -0.317. The van der Waals surface area contributed by atoms with Crippen LogP contribution < -0.4 is 9.47 Å². The Morgan fingerprint density at radius 2 is 0.848 bits per heavy atom. The third-order valence-electron chi connectivity index (χ3n) is 4.89. The number of ether oxygens (including phenoxy) is 2. The van der Waals surface area contributed by atoms with Crippen LogP contribution >= 0.6 is 0 Å². The zero-order valence-corrected chi connectivity index (χ0v) is 17.3. The molecule has 0 amide bonds. The van der Waals surface area contributed by atoms with Crippen LogP contribution in [-0.2, 0) is 5.41 Å². The molecule has 0 aliphatic carbocycles. The second-order valence-electron chi connectivity index (χ2n) is 7.64. The Kier molecular flexibility index (Phi) is 7.25. The Morgan fingerprint density at radius 1 is 0.576 bits per heavy atom. The van der Waals surface area contributed by atoms with Gasteiger partial charge in [0.25, 0.3) is 0 Å². The molecule has 0 fully saturated rings. The van der Waals surface area contributed by atoms with Crippen molar-refractivity contribution in [1.82, 2.24) is 0 Å². The van der Waals surface area contributed by atoms with E-state index in [-0.39, 0.29) is 0 Å². The molecule has 12 heteroatoms. The number of alkyl halides is 8. The fourth-order valence-electron chi connectivity index (χ4n) is 2.68. The summed E-state index contributed by atoms with van der Waals surface area (Å²) in [7, 11) is 0. The van der Waals surface area contributed by atoms with E-state index in [1.807, 2.05) is 0 Å². The monoisotopic (exact) mass is 488 g/mol. The molecule has 2 rings (SSSR count). The molecule has 0 saturated heterocycles. The average Bonchev–Trinajstić information content (AvgIpc) is 2.73. The van der Waals surface area contributed by atoms with Gasteiger partial charge in [-0.15, -0.1) is 0 Å². The molecule has 0 radical (unpaired) electrons. The molecule has 33 heavy (non-hydrogen) atoms. The molecular weight excluding hydrogens is 468 g/mol. The van der Waals surface area contributed by atoms with Gasteiger partial charge in [0.1, 0.15) is 24.7 Å². The van der Waals surface area contributed by atoms with Gasteiger partial charge in [-0.05, 0) is 35.4 Å². The summed E-state index contributed by atoms with van der Waals surface area (Å²) in [5.41, 5.74) is 0.0994. The Morgan fingerprint density at radius 3 is 1.09 bits per heavy atom. The summed E-state index contributed by atoms with van der Waals surface area (Å²) in [5, 5.41) is 16.8. The first-order valence-electron chi connectivity index (χ1n) is 9.31. The summed E-state index contributed by atoms with van der Waals surface area (Å²) in [6, 6.07) is 9.26. The maximum Gasteiger partial charge on any atom is 0.466 e. The van der Waals surface area contributed by atoms with Crippen molar-refractivity contribution in [3.05, 3.63) is 59.7 Å². The number of aliphatic hydroxyl groups is 2. The predicted molar refractivity (Wildman–Crippen MR) is 100 cm³/mol. The van der Waals surface area contributed by atoms with E-state index >= 15 is 0 Å². The molecule has 0 aliphatic rings. The highest BCUT2D eigenvalue weighted by atomic mass is 19.3. The van der Waals surface area contributed by atoms with Crippen LogP contribution in [0.15, 0.2) is 48.5 Å². The Bertz CT molecular complexity index is 853. The number of hydrogen-bond acceptors (Lipinski definition) is 4. The molecule has 0 bridgehead atoms. The van der Waals surface area contributed by atoms with E-state index in [0.717, 1.165) is 24.3 Å². The third kappa shape index (κ3) is 5.49. The Balaban J connectivity index is 2.20. The van der Waals surface area contributed by atoms with Crippen LogP contribution in [0.4, 0.5) is 35.1 Å². The van der Waals surface area contributed by atoms with Crippen LogP contribution in [0.2, 0.25) is 0 Å². The van der Waals surface area contributed by atoms with Crippen molar-refractivity contribution in [2.45, 2.75) is 43.3 Å². The molecule has 0 heterocycles. The summed E-state index contributed by atoms with van der Waals surface area (Å²) in [6.45, 7) is -0.897. The van der Waals surface area contributed by atoms with Gasteiger partial charge in [0.05, 0.1) is 0 Å². The minimum absolute atomic E-state index is 0.484. The zero-order valence-electron chi connectivity index (χ0n) is 17.3. The maximum absolute atomic E-state index is 13.5. The number of hydrogen-bond donors (Lipinski definition) is 2. The SMILES string of the molecule is CC(C)(c1ccc(OC(F)(F)C(F)(F)CO)cc1)c1ccc(OC(F)(F)C(F)(F)CO)cc1. The molecular formula is C21H20F8O4. The van der Waals surface area contributed by atoms with Gasteiger partial charge in [-0.1, -0.05) is 38.1 Å². The molecule has 2 aromatic carbocycles. The number of rotatable bonds is 10. The quantitative estimate of drug-likeness (QED) is 0.451. The molecule has 0 atom stereocenters. The molecule has 4 nitrogen and oxygen atoms in total. The molecule has 0 aromatic heterocycles. The third-order valence-corrected chi connectivity index (χ3v) is 4.89. The summed E-state index contributed by atoms with van der Waals surface area (Å²) >= 11 is 0. The van der Waals surface area contributed by atoms with Crippen LogP contribution in [0.3, 0.4) is 0 Å². The molecule has 0 spiro atoms. The van der Waals surface area contributed by atoms with Crippen LogP contribution in [0.1, 0.15) is 25.0 Å². The largest absolute Gasteiger partial charge is 0.466 e. The van der Waals surface area contributed by atoms with Crippen molar-refractivity contribution in [3.8, 4) is 11.5 Å². The van der Waals surface area contributed by atoms with Gasteiger partial charge in [0.2, 0.25) is 0 Å². The lowest BCUT2D eigenvalue weighted by Crippen LogP contribution is -2.47. The topological polar surface area (TPSA) is 58.9 Å². The smallest absolute Gasteiger partial charge is 0.428 e. The van der Waals surface area contributed by atoms with E-state index < -0.39 is 54.2 Å². The highest BCUT2D eigenvalue weighted by Gasteiger charge is 2.60. The summed E-state index contributed by atoms with van der Waals surface area (Å²) in [4.78, 5) is 0. The minimum atomic E-state index is -4.95. The van der Waals surface area contributed by atoms with E-state index in [1.54, 1.807) is 13.8 Å². The van der Waals surface area contributed by atoms with Gasteiger partial charge in [-0.2, -0.15) is 35.1 Å². The lowest BCUT2D eigenvalue weighted by atomic mass is 9.78. The highest BCUT2D eigenvalue weighted by molar-refractivity contribution is 5.42. The lowest BCUT2D eigenvalue weighted by Gasteiger charge is -2.28. The Hall–Kier alpha value is -2.60.